The Morgan fingerprint density at radius 3 is 2.00 bits per heavy atom. The molecule has 0 aliphatic rings. The molecular weight excluding hydrogens is 294 g/mol. The molecule has 5 heteroatoms. The number of carbonyl (C=O) groups is 1. The largest absolute Gasteiger partial charge is 0.386 e. The molecule has 0 heterocycles. The number of aliphatic hydroxyl groups is 1. The Labute approximate surface area is 141 Å². The summed E-state index contributed by atoms with van der Waals surface area (Å²) in [5, 5.41) is 21.1. The maximum Gasteiger partial charge on any atom is 0.238 e. The molecule has 23 heavy (non-hydrogen) atoms. The maximum atomic E-state index is 11.1. The van der Waals surface area contributed by atoms with Gasteiger partial charge in [-0.15, -0.1) is 0 Å². The van der Waals surface area contributed by atoms with Gasteiger partial charge in [0.15, 0.2) is 0 Å². The highest BCUT2D eigenvalue weighted by molar-refractivity contribution is 5.48. The van der Waals surface area contributed by atoms with E-state index in [2.05, 4.69) is 6.92 Å². The van der Waals surface area contributed by atoms with Gasteiger partial charge in [-0.2, -0.15) is 0 Å². The van der Waals surface area contributed by atoms with Crippen molar-refractivity contribution in [3.63, 3.8) is 0 Å². The molecule has 0 aromatic carbocycles. The third-order valence-electron chi connectivity index (χ3n) is 4.39. The molecule has 0 saturated heterocycles. The van der Waals surface area contributed by atoms with E-state index in [4.69, 9.17) is 0 Å². The van der Waals surface area contributed by atoms with Gasteiger partial charge in [0.1, 0.15) is 12.4 Å². The summed E-state index contributed by atoms with van der Waals surface area (Å²) in [7, 11) is 0. The van der Waals surface area contributed by atoms with Crippen LogP contribution in [0.1, 0.15) is 96.8 Å². The molecule has 0 saturated carbocycles. The van der Waals surface area contributed by atoms with E-state index in [-0.39, 0.29) is 4.92 Å². The number of aldehydes is 1. The number of unbranched alkanes of at least 4 members (excludes halogenated alkanes) is 10. The highest BCUT2D eigenvalue weighted by Gasteiger charge is 2.28. The zero-order chi connectivity index (χ0) is 17.3. The summed E-state index contributed by atoms with van der Waals surface area (Å²) < 4.78 is 0. The molecule has 0 rings (SSSR count). The number of nitrogens with zero attached hydrogens (tertiary/aromatic N) is 1. The second kappa shape index (κ2) is 15.9. The van der Waals surface area contributed by atoms with Crippen LogP contribution in [0.25, 0.3) is 0 Å². The van der Waals surface area contributed by atoms with Gasteiger partial charge in [0.05, 0.1) is 0 Å². The van der Waals surface area contributed by atoms with Crippen molar-refractivity contribution >= 4 is 6.29 Å². The molecular formula is C18H35NO4. The molecule has 0 fully saturated rings. The first-order valence-corrected chi connectivity index (χ1v) is 9.38. The van der Waals surface area contributed by atoms with E-state index < -0.39 is 12.1 Å². The predicted octanol–water partition coefficient (Wildman–Crippen LogP) is 4.67. The van der Waals surface area contributed by atoms with E-state index >= 15 is 0 Å². The molecule has 1 N–H and O–H groups in total. The highest BCUT2D eigenvalue weighted by atomic mass is 16.6. The highest BCUT2D eigenvalue weighted by Crippen LogP contribution is 2.16. The third-order valence-corrected chi connectivity index (χ3v) is 4.39. The van der Waals surface area contributed by atoms with Gasteiger partial charge >= 0.3 is 0 Å². The summed E-state index contributed by atoms with van der Waals surface area (Å²) in [6, 6.07) is -0.802. The number of carbonyl (C=O) groups excluding carboxylic acids is 1. The molecule has 0 aromatic heterocycles. The van der Waals surface area contributed by atoms with Crippen molar-refractivity contribution in [3.8, 4) is 0 Å². The fourth-order valence-corrected chi connectivity index (χ4v) is 2.88. The minimum absolute atomic E-state index is 0.302. The molecule has 0 aromatic rings. The van der Waals surface area contributed by atoms with Crippen LogP contribution in [0.15, 0.2) is 0 Å². The van der Waals surface area contributed by atoms with E-state index in [1.165, 1.54) is 0 Å². The standard InChI is InChI=1S/C18H35NO4/c1-2-3-4-12-15-18(21)17(19(22)23)14-11-9-7-5-6-8-10-13-16-20/h16-18,21H,2-15H2,1H3. The number of rotatable bonds is 17. The van der Waals surface area contributed by atoms with Gasteiger partial charge in [0, 0.05) is 17.8 Å². The quantitative estimate of drug-likeness (QED) is 0.182. The monoisotopic (exact) mass is 329 g/mol. The first-order chi connectivity index (χ1) is 11.1. The minimum Gasteiger partial charge on any atom is -0.386 e. The van der Waals surface area contributed by atoms with E-state index in [0.29, 0.717) is 19.3 Å². The second-order valence-electron chi connectivity index (χ2n) is 6.49. The van der Waals surface area contributed by atoms with Gasteiger partial charge in [-0.3, -0.25) is 10.1 Å². The van der Waals surface area contributed by atoms with Crippen LogP contribution >= 0.6 is 0 Å². The molecule has 0 amide bonds. The Bertz CT molecular complexity index is 297. The Hall–Kier alpha value is -0.970. The van der Waals surface area contributed by atoms with Gasteiger partial charge in [-0.1, -0.05) is 64.7 Å². The van der Waals surface area contributed by atoms with E-state index in [0.717, 1.165) is 76.9 Å². The van der Waals surface area contributed by atoms with Crippen molar-refractivity contribution in [2.75, 3.05) is 0 Å². The average Bonchev–Trinajstić information content (AvgIpc) is 2.53. The van der Waals surface area contributed by atoms with Crippen molar-refractivity contribution < 1.29 is 14.8 Å². The predicted molar refractivity (Wildman–Crippen MR) is 93.2 cm³/mol. The van der Waals surface area contributed by atoms with Gasteiger partial charge < -0.3 is 9.90 Å². The lowest BCUT2D eigenvalue weighted by atomic mass is 9.98. The van der Waals surface area contributed by atoms with Crippen LogP contribution in [0.3, 0.4) is 0 Å². The van der Waals surface area contributed by atoms with Crippen LogP contribution in [-0.4, -0.2) is 28.5 Å². The van der Waals surface area contributed by atoms with Crippen LogP contribution in [-0.2, 0) is 4.79 Å². The Morgan fingerprint density at radius 1 is 0.913 bits per heavy atom. The van der Waals surface area contributed by atoms with Gasteiger partial charge in [0.2, 0.25) is 6.04 Å². The summed E-state index contributed by atoms with van der Waals surface area (Å²) in [6.07, 6.45) is 13.2. The van der Waals surface area contributed by atoms with E-state index in [1.807, 2.05) is 0 Å². The number of aliphatic hydroxyl groups excluding tert-OH is 1. The molecule has 0 aliphatic carbocycles. The average molecular weight is 329 g/mol. The lowest BCUT2D eigenvalue weighted by molar-refractivity contribution is -0.535. The smallest absolute Gasteiger partial charge is 0.238 e. The van der Waals surface area contributed by atoms with Gasteiger partial charge in [-0.05, 0) is 19.3 Å². The van der Waals surface area contributed by atoms with Gasteiger partial charge in [-0.25, -0.2) is 0 Å². The number of hydrogen-bond donors (Lipinski definition) is 1. The van der Waals surface area contributed by atoms with Crippen molar-refractivity contribution in [1.29, 1.82) is 0 Å². The fourth-order valence-electron chi connectivity index (χ4n) is 2.88. The summed E-state index contributed by atoms with van der Waals surface area (Å²) in [5.41, 5.74) is 0. The second-order valence-corrected chi connectivity index (χ2v) is 6.49. The van der Waals surface area contributed by atoms with Crippen LogP contribution in [0.5, 0.6) is 0 Å². The van der Waals surface area contributed by atoms with E-state index in [1.54, 1.807) is 0 Å². The van der Waals surface area contributed by atoms with E-state index in [9.17, 15) is 20.0 Å². The lowest BCUT2D eigenvalue weighted by Crippen LogP contribution is -2.33. The third kappa shape index (κ3) is 13.2. The first kappa shape index (κ1) is 22.0. The molecule has 5 nitrogen and oxygen atoms in total. The summed E-state index contributed by atoms with van der Waals surface area (Å²) in [4.78, 5) is 21.0. The van der Waals surface area contributed by atoms with Gasteiger partial charge in [0.25, 0.3) is 0 Å². The van der Waals surface area contributed by atoms with Crippen LogP contribution in [0.2, 0.25) is 0 Å². The minimum atomic E-state index is -0.802. The number of hydrogen-bond acceptors (Lipinski definition) is 4. The number of nitro groups is 1. The summed E-state index contributed by atoms with van der Waals surface area (Å²) in [5.74, 6) is 0. The summed E-state index contributed by atoms with van der Waals surface area (Å²) >= 11 is 0. The molecule has 0 radical (unpaired) electrons. The normalized spacial score (nSPS) is 13.7. The molecule has 2 unspecified atom stereocenters. The van der Waals surface area contributed by atoms with Crippen molar-refractivity contribution in [2.45, 2.75) is 109 Å². The maximum absolute atomic E-state index is 11.1. The molecule has 0 spiro atoms. The zero-order valence-electron chi connectivity index (χ0n) is 14.8. The lowest BCUT2D eigenvalue weighted by Gasteiger charge is -2.16. The molecule has 0 bridgehead atoms. The Balaban J connectivity index is 3.71. The fraction of sp³-hybridized carbons (Fsp3) is 0.944. The Morgan fingerprint density at radius 2 is 1.43 bits per heavy atom. The first-order valence-electron chi connectivity index (χ1n) is 9.38. The van der Waals surface area contributed by atoms with Crippen LogP contribution in [0, 0.1) is 10.1 Å². The topological polar surface area (TPSA) is 80.4 Å². The van der Waals surface area contributed by atoms with Crippen LogP contribution < -0.4 is 0 Å². The molecule has 2 atom stereocenters. The molecule has 0 aliphatic heterocycles. The van der Waals surface area contributed by atoms with Crippen molar-refractivity contribution in [3.05, 3.63) is 10.1 Å². The SMILES string of the molecule is CCCCCCC(O)C(CCCCCCCCCC=O)[N+](=O)[O-]. The van der Waals surface area contributed by atoms with Crippen molar-refractivity contribution in [2.24, 2.45) is 0 Å². The molecule has 136 valence electrons. The van der Waals surface area contributed by atoms with Crippen LogP contribution in [0.4, 0.5) is 0 Å². The van der Waals surface area contributed by atoms with Crippen molar-refractivity contribution in [1.82, 2.24) is 0 Å². The summed E-state index contributed by atoms with van der Waals surface area (Å²) in [6.45, 7) is 2.12. The zero-order valence-corrected chi connectivity index (χ0v) is 14.8. The Kier molecular flexibility index (Phi) is 15.2.